The fourth-order valence-corrected chi connectivity index (χ4v) is 1.66. The van der Waals surface area contributed by atoms with Crippen LogP contribution in [0.2, 0.25) is 0 Å². The molecule has 3 heteroatoms. The second-order valence-corrected chi connectivity index (χ2v) is 3.94. The molecule has 1 aliphatic carbocycles. The van der Waals surface area contributed by atoms with Crippen molar-refractivity contribution in [3.05, 3.63) is 22.7 Å². The van der Waals surface area contributed by atoms with E-state index < -0.39 is 0 Å². The Hall–Kier alpha value is -0.700. The van der Waals surface area contributed by atoms with E-state index in [9.17, 15) is 0 Å². The van der Waals surface area contributed by atoms with E-state index >= 15 is 0 Å². The zero-order valence-electron chi connectivity index (χ0n) is 7.42. The van der Waals surface area contributed by atoms with Gasteiger partial charge < -0.3 is 9.47 Å². The van der Waals surface area contributed by atoms with Crippen LogP contribution in [-0.4, -0.2) is 13.2 Å². The van der Waals surface area contributed by atoms with E-state index in [4.69, 9.17) is 9.47 Å². The van der Waals surface area contributed by atoms with Crippen molar-refractivity contribution < 1.29 is 9.47 Å². The van der Waals surface area contributed by atoms with Crippen LogP contribution in [0.4, 0.5) is 0 Å². The molecule has 0 aliphatic heterocycles. The normalized spacial score (nSPS) is 15.5. The minimum atomic E-state index is 0.406. The molecule has 1 aliphatic rings. The third-order valence-corrected chi connectivity index (χ3v) is 2.58. The van der Waals surface area contributed by atoms with Gasteiger partial charge in [0.2, 0.25) is 0 Å². The first-order valence-corrected chi connectivity index (χ1v) is 5.09. The fourth-order valence-electron chi connectivity index (χ4n) is 1.15. The Morgan fingerprint density at radius 2 is 2.15 bits per heavy atom. The first kappa shape index (κ1) is 8.88. The van der Waals surface area contributed by atoms with E-state index in [1.54, 1.807) is 7.11 Å². The summed E-state index contributed by atoms with van der Waals surface area (Å²) in [4.78, 5) is 0. The highest BCUT2D eigenvalue weighted by Crippen LogP contribution is 2.38. The molecule has 0 N–H and O–H groups in total. The zero-order valence-corrected chi connectivity index (χ0v) is 9.00. The minimum Gasteiger partial charge on any atom is -0.492 e. The van der Waals surface area contributed by atoms with Gasteiger partial charge in [-0.15, -0.1) is 0 Å². The van der Waals surface area contributed by atoms with Crippen LogP contribution >= 0.6 is 15.9 Å². The molecule has 1 saturated carbocycles. The number of ether oxygens (including phenoxy) is 2. The molecule has 0 heterocycles. The van der Waals surface area contributed by atoms with E-state index in [0.717, 1.165) is 28.8 Å². The Balaban J connectivity index is 2.25. The summed E-state index contributed by atoms with van der Waals surface area (Å²) in [6.45, 7) is 0. The van der Waals surface area contributed by atoms with Crippen molar-refractivity contribution in [1.82, 2.24) is 0 Å². The smallest absolute Gasteiger partial charge is 0.174 e. The summed E-state index contributed by atoms with van der Waals surface area (Å²) in [6, 6.07) is 5.82. The van der Waals surface area contributed by atoms with E-state index in [1.807, 2.05) is 18.2 Å². The molecule has 0 amide bonds. The summed E-state index contributed by atoms with van der Waals surface area (Å²) in [7, 11) is 1.65. The van der Waals surface area contributed by atoms with Gasteiger partial charge in [0.25, 0.3) is 0 Å². The molecule has 2 nitrogen and oxygen atoms in total. The molecule has 1 aromatic carbocycles. The molecule has 13 heavy (non-hydrogen) atoms. The van der Waals surface area contributed by atoms with Gasteiger partial charge in [-0.25, -0.2) is 0 Å². The van der Waals surface area contributed by atoms with Crippen molar-refractivity contribution in [2.24, 2.45) is 0 Å². The van der Waals surface area contributed by atoms with Crippen molar-refractivity contribution in [3.8, 4) is 11.5 Å². The third kappa shape index (κ3) is 1.97. The quantitative estimate of drug-likeness (QED) is 0.812. The van der Waals surface area contributed by atoms with E-state index in [0.29, 0.717) is 6.10 Å². The lowest BCUT2D eigenvalue weighted by atomic mass is 10.3. The average Bonchev–Trinajstić information content (AvgIpc) is 2.89. The second-order valence-electron chi connectivity index (χ2n) is 3.09. The maximum absolute atomic E-state index is 5.67. The Bertz CT molecular complexity index is 308. The van der Waals surface area contributed by atoms with Crippen LogP contribution in [-0.2, 0) is 0 Å². The van der Waals surface area contributed by atoms with Crippen LogP contribution in [0.1, 0.15) is 12.8 Å². The molecule has 0 aromatic heterocycles. The average molecular weight is 243 g/mol. The molecular formula is C10H11BrO2. The topological polar surface area (TPSA) is 18.5 Å². The van der Waals surface area contributed by atoms with Crippen LogP contribution in [0.3, 0.4) is 0 Å². The highest BCUT2D eigenvalue weighted by Gasteiger charge is 2.25. The molecule has 0 spiro atoms. The molecule has 1 fully saturated rings. The number of benzene rings is 1. The van der Waals surface area contributed by atoms with Gasteiger partial charge in [0.1, 0.15) is 0 Å². The van der Waals surface area contributed by atoms with Crippen molar-refractivity contribution in [1.29, 1.82) is 0 Å². The van der Waals surface area contributed by atoms with Gasteiger partial charge in [0, 0.05) is 0 Å². The lowest BCUT2D eigenvalue weighted by molar-refractivity contribution is 0.281. The molecule has 0 bridgehead atoms. The second kappa shape index (κ2) is 3.58. The summed E-state index contributed by atoms with van der Waals surface area (Å²) in [6.07, 6.45) is 2.73. The fraction of sp³-hybridized carbons (Fsp3) is 0.400. The first-order valence-electron chi connectivity index (χ1n) is 4.30. The van der Waals surface area contributed by atoms with Crippen molar-refractivity contribution in [3.63, 3.8) is 0 Å². The van der Waals surface area contributed by atoms with E-state index in [1.165, 1.54) is 0 Å². The molecule has 0 atom stereocenters. The van der Waals surface area contributed by atoms with Crippen LogP contribution in [0.25, 0.3) is 0 Å². The standard InChI is InChI=1S/C10H11BrO2/c1-12-10-8(11)3-2-4-9(10)13-7-5-6-7/h2-4,7H,5-6H2,1H3. The Morgan fingerprint density at radius 3 is 2.77 bits per heavy atom. The van der Waals surface area contributed by atoms with Gasteiger partial charge in [-0.3, -0.25) is 0 Å². The van der Waals surface area contributed by atoms with Crippen molar-refractivity contribution in [2.75, 3.05) is 7.11 Å². The number of hydrogen-bond donors (Lipinski definition) is 0. The van der Waals surface area contributed by atoms with Gasteiger partial charge >= 0.3 is 0 Å². The van der Waals surface area contributed by atoms with Gasteiger partial charge in [-0.1, -0.05) is 6.07 Å². The minimum absolute atomic E-state index is 0.406. The largest absolute Gasteiger partial charge is 0.492 e. The third-order valence-electron chi connectivity index (χ3n) is 1.95. The lowest BCUT2D eigenvalue weighted by Crippen LogP contribution is -1.98. The SMILES string of the molecule is COc1c(Br)cccc1OC1CC1. The predicted molar refractivity (Wildman–Crippen MR) is 54.3 cm³/mol. The molecule has 0 saturated heterocycles. The van der Waals surface area contributed by atoms with Crippen LogP contribution in [0.5, 0.6) is 11.5 Å². The van der Waals surface area contributed by atoms with Crippen LogP contribution in [0, 0.1) is 0 Å². The van der Waals surface area contributed by atoms with Crippen molar-refractivity contribution >= 4 is 15.9 Å². The molecule has 1 aromatic rings. The van der Waals surface area contributed by atoms with Crippen molar-refractivity contribution in [2.45, 2.75) is 18.9 Å². The van der Waals surface area contributed by atoms with Crippen LogP contribution < -0.4 is 9.47 Å². The Kier molecular flexibility index (Phi) is 2.44. The maximum atomic E-state index is 5.67. The summed E-state index contributed by atoms with van der Waals surface area (Å²) in [5, 5.41) is 0. The van der Waals surface area contributed by atoms with E-state index in [-0.39, 0.29) is 0 Å². The number of methoxy groups -OCH3 is 1. The highest BCUT2D eigenvalue weighted by atomic mass is 79.9. The summed E-state index contributed by atoms with van der Waals surface area (Å²) >= 11 is 3.41. The number of halogens is 1. The number of para-hydroxylation sites is 1. The lowest BCUT2D eigenvalue weighted by Gasteiger charge is -2.10. The summed E-state index contributed by atoms with van der Waals surface area (Å²) in [5.74, 6) is 1.62. The van der Waals surface area contributed by atoms with E-state index in [2.05, 4.69) is 15.9 Å². The molecular weight excluding hydrogens is 232 g/mol. The summed E-state index contributed by atoms with van der Waals surface area (Å²) < 4.78 is 11.8. The summed E-state index contributed by atoms with van der Waals surface area (Å²) in [5.41, 5.74) is 0. The van der Waals surface area contributed by atoms with Crippen LogP contribution in [0.15, 0.2) is 22.7 Å². The van der Waals surface area contributed by atoms with Gasteiger partial charge in [0.15, 0.2) is 11.5 Å². The molecule has 2 rings (SSSR count). The predicted octanol–water partition coefficient (Wildman–Crippen LogP) is 3.00. The molecule has 0 unspecified atom stereocenters. The first-order chi connectivity index (χ1) is 6.31. The molecule has 70 valence electrons. The number of hydrogen-bond acceptors (Lipinski definition) is 2. The Labute approximate surface area is 86.0 Å². The number of rotatable bonds is 3. The Morgan fingerprint density at radius 1 is 1.38 bits per heavy atom. The monoisotopic (exact) mass is 242 g/mol. The highest BCUT2D eigenvalue weighted by molar-refractivity contribution is 9.10. The molecule has 0 radical (unpaired) electrons. The van der Waals surface area contributed by atoms with Gasteiger partial charge in [0.05, 0.1) is 17.7 Å². The van der Waals surface area contributed by atoms with Gasteiger partial charge in [-0.2, -0.15) is 0 Å². The maximum Gasteiger partial charge on any atom is 0.174 e. The van der Waals surface area contributed by atoms with Gasteiger partial charge in [-0.05, 0) is 40.9 Å². The zero-order chi connectivity index (χ0) is 9.26.